The van der Waals surface area contributed by atoms with E-state index in [4.69, 9.17) is 16.6 Å². The Kier molecular flexibility index (Phi) is 4.81. The van der Waals surface area contributed by atoms with E-state index in [1.807, 2.05) is 72.3 Å². The molecule has 0 bridgehead atoms. The van der Waals surface area contributed by atoms with Crippen LogP contribution in [0, 0.1) is 0 Å². The summed E-state index contributed by atoms with van der Waals surface area (Å²) in [6.45, 7) is 0. The minimum absolute atomic E-state index is 0.00224. The number of nitrogens with zero attached hydrogens (tertiary/aromatic N) is 1. The van der Waals surface area contributed by atoms with Gasteiger partial charge in [-0.25, -0.2) is 4.98 Å². The Morgan fingerprint density at radius 1 is 1.08 bits per heavy atom. The van der Waals surface area contributed by atoms with Crippen molar-refractivity contribution < 1.29 is 4.79 Å². The predicted octanol–water partition coefficient (Wildman–Crippen LogP) is 6.57. The number of halogens is 1. The van der Waals surface area contributed by atoms with E-state index in [2.05, 4.69) is 0 Å². The molecule has 2 aromatic carbocycles. The summed E-state index contributed by atoms with van der Waals surface area (Å²) in [5, 5.41) is 4.17. The minimum Gasteiger partial charge on any atom is -0.288 e. The minimum atomic E-state index is -0.00224. The number of fused-ring (bicyclic) bond motifs is 1. The number of thiophene rings is 1. The average Bonchev–Trinajstić information content (AvgIpc) is 3.21. The van der Waals surface area contributed by atoms with Crippen molar-refractivity contribution in [1.82, 2.24) is 4.98 Å². The second-order valence-electron chi connectivity index (χ2n) is 5.71. The summed E-state index contributed by atoms with van der Waals surface area (Å²) in [5.41, 5.74) is 3.35. The Hall–Kier alpha value is -2.14. The molecule has 4 aromatic rings. The molecule has 0 amide bonds. The lowest BCUT2D eigenvalue weighted by atomic mass is 9.94. The zero-order chi connectivity index (χ0) is 18.1. The number of pyridine rings is 1. The van der Waals surface area contributed by atoms with Crippen molar-refractivity contribution >= 4 is 51.4 Å². The number of thioether (sulfide) groups is 1. The SMILES string of the molecule is CSc1nc2ccc(Cl)cc2c(-c2ccccc2)c1C(=O)c1cccs1. The summed E-state index contributed by atoms with van der Waals surface area (Å²) >= 11 is 9.20. The first-order valence-corrected chi connectivity index (χ1v) is 10.5. The number of ketones is 1. The van der Waals surface area contributed by atoms with E-state index >= 15 is 0 Å². The van der Waals surface area contributed by atoms with Gasteiger partial charge in [0.15, 0.2) is 0 Å². The van der Waals surface area contributed by atoms with Gasteiger partial charge in [-0.05, 0) is 41.5 Å². The average molecular weight is 396 g/mol. The fourth-order valence-corrected chi connectivity index (χ4v) is 4.44. The van der Waals surface area contributed by atoms with Crippen molar-refractivity contribution in [3.05, 3.63) is 81.5 Å². The van der Waals surface area contributed by atoms with Crippen LogP contribution < -0.4 is 0 Å². The summed E-state index contributed by atoms with van der Waals surface area (Å²) < 4.78 is 0. The van der Waals surface area contributed by atoms with Crippen molar-refractivity contribution in [2.24, 2.45) is 0 Å². The maximum Gasteiger partial charge on any atom is 0.206 e. The predicted molar refractivity (Wildman–Crippen MR) is 112 cm³/mol. The molecule has 2 nitrogen and oxygen atoms in total. The first-order valence-electron chi connectivity index (χ1n) is 8.00. The van der Waals surface area contributed by atoms with Gasteiger partial charge in [-0.15, -0.1) is 23.1 Å². The molecule has 0 aliphatic rings. The van der Waals surface area contributed by atoms with Crippen molar-refractivity contribution in [2.45, 2.75) is 5.03 Å². The molecular formula is C21H14ClNOS2. The molecular weight excluding hydrogens is 382 g/mol. The van der Waals surface area contributed by atoms with Gasteiger partial charge in [0.2, 0.25) is 5.78 Å². The summed E-state index contributed by atoms with van der Waals surface area (Å²) in [6.07, 6.45) is 1.95. The third-order valence-electron chi connectivity index (χ3n) is 4.14. The quantitative estimate of drug-likeness (QED) is 0.289. The molecule has 0 spiro atoms. The lowest BCUT2D eigenvalue weighted by Gasteiger charge is -2.15. The molecule has 4 rings (SSSR count). The maximum atomic E-state index is 13.3. The lowest BCUT2D eigenvalue weighted by molar-refractivity contribution is 0.104. The van der Waals surface area contributed by atoms with Crippen LogP contribution >= 0.6 is 34.7 Å². The molecule has 26 heavy (non-hydrogen) atoms. The van der Waals surface area contributed by atoms with E-state index in [1.54, 1.807) is 0 Å². The molecule has 2 aromatic heterocycles. The van der Waals surface area contributed by atoms with Crippen molar-refractivity contribution in [3.63, 3.8) is 0 Å². The number of hydrogen-bond donors (Lipinski definition) is 0. The first-order chi connectivity index (χ1) is 12.7. The Balaban J connectivity index is 2.13. The molecule has 0 unspecified atom stereocenters. The Morgan fingerprint density at radius 3 is 2.58 bits per heavy atom. The van der Waals surface area contributed by atoms with Crippen molar-refractivity contribution in [1.29, 1.82) is 0 Å². The molecule has 0 atom stereocenters. The van der Waals surface area contributed by atoms with Crippen LogP contribution in [0.2, 0.25) is 5.02 Å². The summed E-state index contributed by atoms with van der Waals surface area (Å²) in [4.78, 5) is 18.8. The van der Waals surface area contributed by atoms with Crippen LogP contribution in [0.3, 0.4) is 0 Å². The van der Waals surface area contributed by atoms with Gasteiger partial charge in [0.25, 0.3) is 0 Å². The van der Waals surface area contributed by atoms with Gasteiger partial charge in [-0.3, -0.25) is 4.79 Å². The van der Waals surface area contributed by atoms with Crippen LogP contribution in [0.1, 0.15) is 15.2 Å². The molecule has 0 saturated heterocycles. The number of aromatic nitrogens is 1. The summed E-state index contributed by atoms with van der Waals surface area (Å²) in [7, 11) is 0. The molecule has 128 valence electrons. The van der Waals surface area contributed by atoms with E-state index in [9.17, 15) is 4.79 Å². The van der Waals surface area contributed by atoms with Gasteiger partial charge < -0.3 is 0 Å². The van der Waals surface area contributed by atoms with Gasteiger partial charge in [-0.1, -0.05) is 48.0 Å². The van der Waals surface area contributed by atoms with Crippen molar-refractivity contribution in [3.8, 4) is 11.1 Å². The van der Waals surface area contributed by atoms with Crippen LogP contribution in [-0.4, -0.2) is 17.0 Å². The molecule has 0 N–H and O–H groups in total. The molecule has 5 heteroatoms. The lowest BCUT2D eigenvalue weighted by Crippen LogP contribution is -2.06. The van der Waals surface area contributed by atoms with E-state index < -0.39 is 0 Å². The molecule has 0 aliphatic heterocycles. The molecule has 0 aliphatic carbocycles. The van der Waals surface area contributed by atoms with Gasteiger partial charge in [0.1, 0.15) is 5.03 Å². The van der Waals surface area contributed by atoms with Crippen LogP contribution in [-0.2, 0) is 0 Å². The Labute approximate surface area is 164 Å². The standard InChI is InChI=1S/C21H14ClNOS2/c1-25-21-19(20(24)17-8-5-11-26-17)18(13-6-3-2-4-7-13)15-12-14(22)9-10-16(15)23-21/h2-12H,1H3. The fraction of sp³-hybridized carbons (Fsp3) is 0.0476. The summed E-state index contributed by atoms with van der Waals surface area (Å²) in [5.74, 6) is -0.00224. The third kappa shape index (κ3) is 3.05. The largest absolute Gasteiger partial charge is 0.288 e. The number of carbonyl (C=O) groups excluding carboxylic acids is 1. The van der Waals surface area contributed by atoms with Gasteiger partial charge >= 0.3 is 0 Å². The van der Waals surface area contributed by atoms with Gasteiger partial charge in [-0.2, -0.15) is 0 Å². The number of benzene rings is 2. The van der Waals surface area contributed by atoms with Gasteiger partial charge in [0, 0.05) is 16.0 Å². The normalized spacial score (nSPS) is 11.0. The Morgan fingerprint density at radius 2 is 1.88 bits per heavy atom. The molecule has 0 radical (unpaired) electrons. The van der Waals surface area contributed by atoms with Gasteiger partial charge in [0.05, 0.1) is 16.0 Å². The smallest absolute Gasteiger partial charge is 0.206 e. The maximum absolute atomic E-state index is 13.3. The fourth-order valence-electron chi connectivity index (χ4n) is 3.01. The topological polar surface area (TPSA) is 30.0 Å². The molecule has 0 saturated carbocycles. The first kappa shape index (κ1) is 17.3. The van der Waals surface area contributed by atoms with Crippen molar-refractivity contribution in [2.75, 3.05) is 6.26 Å². The van der Waals surface area contributed by atoms with E-state index in [1.165, 1.54) is 23.1 Å². The van der Waals surface area contributed by atoms with Crippen LogP contribution in [0.15, 0.2) is 71.1 Å². The number of rotatable bonds is 4. The Bertz CT molecular complexity index is 1090. The molecule has 2 heterocycles. The third-order valence-corrected chi connectivity index (χ3v) is 5.93. The van der Waals surface area contributed by atoms with E-state index in [0.717, 1.165) is 27.1 Å². The second-order valence-corrected chi connectivity index (χ2v) is 7.88. The highest BCUT2D eigenvalue weighted by Gasteiger charge is 2.23. The number of carbonyl (C=O) groups is 1. The van der Waals surface area contributed by atoms with Crippen LogP contribution in [0.4, 0.5) is 0 Å². The zero-order valence-electron chi connectivity index (χ0n) is 13.9. The molecule has 0 fully saturated rings. The zero-order valence-corrected chi connectivity index (χ0v) is 16.3. The van der Waals surface area contributed by atoms with Crippen LogP contribution in [0.25, 0.3) is 22.0 Å². The highest BCUT2D eigenvalue weighted by molar-refractivity contribution is 7.98. The highest BCUT2D eigenvalue weighted by atomic mass is 35.5. The monoisotopic (exact) mass is 395 g/mol. The van der Waals surface area contributed by atoms with E-state index in [0.29, 0.717) is 15.5 Å². The summed E-state index contributed by atoms with van der Waals surface area (Å²) in [6, 6.07) is 19.3. The highest BCUT2D eigenvalue weighted by Crippen LogP contribution is 2.38. The second kappa shape index (κ2) is 7.23. The van der Waals surface area contributed by atoms with Crippen LogP contribution in [0.5, 0.6) is 0 Å². The number of hydrogen-bond acceptors (Lipinski definition) is 4. The van der Waals surface area contributed by atoms with E-state index in [-0.39, 0.29) is 5.78 Å².